The van der Waals surface area contributed by atoms with Crippen LogP contribution in [0.4, 0.5) is 11.5 Å². The molecule has 0 amide bonds. The zero-order valence-corrected chi connectivity index (χ0v) is 11.0. The first kappa shape index (κ1) is 13.7. The van der Waals surface area contributed by atoms with Crippen molar-refractivity contribution in [1.82, 2.24) is 4.98 Å². The smallest absolute Gasteiger partial charge is 0.311 e. The Bertz CT molecular complexity index is 466. The third kappa shape index (κ3) is 3.41. The third-order valence-corrected chi connectivity index (χ3v) is 3.64. The van der Waals surface area contributed by atoms with E-state index < -0.39 is 10.5 Å². The number of hydrogen-bond donors (Lipinski definition) is 2. The van der Waals surface area contributed by atoms with E-state index in [-0.39, 0.29) is 11.5 Å². The maximum atomic E-state index is 10.9. The molecular weight excluding hydrogens is 246 g/mol. The number of nitrogens with zero attached hydrogens (tertiary/aromatic N) is 2. The summed E-state index contributed by atoms with van der Waals surface area (Å²) in [5.74, 6) is 0.707. The number of rotatable bonds is 4. The molecule has 6 nitrogen and oxygen atoms in total. The van der Waals surface area contributed by atoms with Crippen LogP contribution in [0, 0.1) is 16.0 Å². The maximum absolute atomic E-state index is 10.9. The van der Waals surface area contributed by atoms with Gasteiger partial charge in [-0.15, -0.1) is 0 Å². The van der Waals surface area contributed by atoms with Gasteiger partial charge in [0.1, 0.15) is 0 Å². The molecule has 1 fully saturated rings. The number of nitro groups is 1. The van der Waals surface area contributed by atoms with Gasteiger partial charge in [0.25, 0.3) is 0 Å². The minimum Gasteiger partial charge on any atom is -0.388 e. The fraction of sp³-hybridized carbons (Fsp3) is 0.615. The highest BCUT2D eigenvalue weighted by molar-refractivity contribution is 5.55. The van der Waals surface area contributed by atoms with Gasteiger partial charge in [-0.3, -0.25) is 10.1 Å². The first-order chi connectivity index (χ1) is 9.00. The van der Waals surface area contributed by atoms with E-state index in [0.717, 1.165) is 25.7 Å². The van der Waals surface area contributed by atoms with Crippen molar-refractivity contribution in [3.63, 3.8) is 0 Å². The number of pyridine rings is 1. The Labute approximate surface area is 112 Å². The lowest BCUT2D eigenvalue weighted by Crippen LogP contribution is -2.41. The molecule has 2 unspecified atom stereocenters. The number of aliphatic hydroxyl groups is 1. The van der Waals surface area contributed by atoms with Crippen molar-refractivity contribution in [3.8, 4) is 0 Å². The van der Waals surface area contributed by atoms with Crippen molar-refractivity contribution in [1.29, 1.82) is 0 Å². The van der Waals surface area contributed by atoms with Gasteiger partial charge in [0.15, 0.2) is 0 Å². The second-order valence-corrected chi connectivity index (χ2v) is 5.41. The van der Waals surface area contributed by atoms with E-state index in [1.807, 2.05) is 0 Å². The molecule has 0 saturated heterocycles. The van der Waals surface area contributed by atoms with Crippen LogP contribution in [0.25, 0.3) is 0 Å². The van der Waals surface area contributed by atoms with Gasteiger partial charge in [-0.25, -0.2) is 4.98 Å². The summed E-state index contributed by atoms with van der Waals surface area (Å²) in [5.41, 5.74) is -0.849. The largest absolute Gasteiger partial charge is 0.388 e. The van der Waals surface area contributed by atoms with Crippen LogP contribution in [0.5, 0.6) is 0 Å². The molecule has 2 atom stereocenters. The average Bonchev–Trinajstić information content (AvgIpc) is 2.36. The molecule has 1 aliphatic carbocycles. The average molecular weight is 265 g/mol. The highest BCUT2D eigenvalue weighted by atomic mass is 16.6. The third-order valence-electron chi connectivity index (χ3n) is 3.64. The topological polar surface area (TPSA) is 88.3 Å². The second kappa shape index (κ2) is 5.52. The quantitative estimate of drug-likeness (QED) is 0.644. The zero-order valence-electron chi connectivity index (χ0n) is 11.0. The van der Waals surface area contributed by atoms with E-state index in [9.17, 15) is 15.2 Å². The van der Waals surface area contributed by atoms with Gasteiger partial charge in [0.05, 0.1) is 10.5 Å². The Morgan fingerprint density at radius 2 is 2.47 bits per heavy atom. The van der Waals surface area contributed by atoms with Crippen LogP contribution in [0.15, 0.2) is 18.3 Å². The number of nitrogens with one attached hydrogen (secondary N) is 1. The van der Waals surface area contributed by atoms with Crippen LogP contribution in [0.1, 0.15) is 32.6 Å². The zero-order chi connectivity index (χ0) is 13.9. The maximum Gasteiger partial charge on any atom is 0.311 e. The molecule has 19 heavy (non-hydrogen) atoms. The van der Waals surface area contributed by atoms with Crippen molar-refractivity contribution < 1.29 is 10.0 Å². The Morgan fingerprint density at radius 3 is 3.16 bits per heavy atom. The second-order valence-electron chi connectivity index (χ2n) is 5.41. The predicted octanol–water partition coefficient (Wildman–Crippen LogP) is 2.34. The van der Waals surface area contributed by atoms with E-state index in [0.29, 0.717) is 12.5 Å². The number of anilines is 1. The van der Waals surface area contributed by atoms with E-state index in [4.69, 9.17) is 0 Å². The molecule has 1 aromatic heterocycles. The molecular formula is C13H19N3O3. The summed E-state index contributed by atoms with van der Waals surface area (Å²) < 4.78 is 0. The molecule has 2 rings (SSSR count). The standard InChI is InChI=1S/C13H19N3O3/c1-10-4-2-6-13(17,8-10)9-15-12-11(16(18)19)5-3-7-14-12/h3,5,7,10,17H,2,4,6,8-9H2,1H3,(H,14,15). The first-order valence-electron chi connectivity index (χ1n) is 6.56. The van der Waals surface area contributed by atoms with Crippen LogP contribution in [-0.4, -0.2) is 27.2 Å². The summed E-state index contributed by atoms with van der Waals surface area (Å²) in [4.78, 5) is 14.4. The van der Waals surface area contributed by atoms with Crippen LogP contribution in [0.2, 0.25) is 0 Å². The van der Waals surface area contributed by atoms with Gasteiger partial charge in [0.2, 0.25) is 5.82 Å². The number of hydrogen-bond acceptors (Lipinski definition) is 5. The Morgan fingerprint density at radius 1 is 1.68 bits per heavy atom. The predicted molar refractivity (Wildman–Crippen MR) is 72.0 cm³/mol. The van der Waals surface area contributed by atoms with E-state index >= 15 is 0 Å². The lowest BCUT2D eigenvalue weighted by Gasteiger charge is -2.35. The Hall–Kier alpha value is -1.69. The molecule has 0 radical (unpaired) electrons. The van der Waals surface area contributed by atoms with Crippen molar-refractivity contribution in [2.75, 3.05) is 11.9 Å². The molecule has 1 heterocycles. The highest BCUT2D eigenvalue weighted by Crippen LogP contribution is 2.32. The summed E-state index contributed by atoms with van der Waals surface area (Å²) in [6.07, 6.45) is 5.07. The molecule has 6 heteroatoms. The summed E-state index contributed by atoms with van der Waals surface area (Å²) in [6.45, 7) is 2.42. The molecule has 0 spiro atoms. The fourth-order valence-corrected chi connectivity index (χ4v) is 2.72. The SMILES string of the molecule is CC1CCCC(O)(CNc2ncccc2[N+](=O)[O-])C1. The molecule has 1 saturated carbocycles. The van der Waals surface area contributed by atoms with E-state index in [2.05, 4.69) is 17.2 Å². The van der Waals surface area contributed by atoms with Gasteiger partial charge in [-0.1, -0.05) is 19.8 Å². The molecule has 2 N–H and O–H groups in total. The van der Waals surface area contributed by atoms with Crippen molar-refractivity contribution in [2.45, 2.75) is 38.2 Å². The summed E-state index contributed by atoms with van der Waals surface area (Å²) >= 11 is 0. The minimum absolute atomic E-state index is 0.0602. The van der Waals surface area contributed by atoms with E-state index in [1.54, 1.807) is 0 Å². The molecule has 1 aromatic rings. The Kier molecular flexibility index (Phi) is 3.99. The van der Waals surface area contributed by atoms with Crippen LogP contribution in [0.3, 0.4) is 0 Å². The van der Waals surface area contributed by atoms with E-state index in [1.165, 1.54) is 18.3 Å². The van der Waals surface area contributed by atoms with Crippen LogP contribution >= 0.6 is 0 Å². The highest BCUT2D eigenvalue weighted by Gasteiger charge is 2.33. The summed E-state index contributed by atoms with van der Waals surface area (Å²) in [7, 11) is 0. The monoisotopic (exact) mass is 265 g/mol. The van der Waals surface area contributed by atoms with Crippen molar-refractivity contribution in [3.05, 3.63) is 28.4 Å². The number of aromatic nitrogens is 1. The summed E-state index contributed by atoms with van der Waals surface area (Å²) in [6, 6.07) is 2.93. The molecule has 0 aromatic carbocycles. The lowest BCUT2D eigenvalue weighted by molar-refractivity contribution is -0.384. The Balaban J connectivity index is 2.04. The van der Waals surface area contributed by atoms with Gasteiger partial charge < -0.3 is 10.4 Å². The van der Waals surface area contributed by atoms with Crippen LogP contribution < -0.4 is 5.32 Å². The van der Waals surface area contributed by atoms with Crippen LogP contribution in [-0.2, 0) is 0 Å². The van der Waals surface area contributed by atoms with Gasteiger partial charge in [-0.05, 0) is 24.8 Å². The normalized spacial score (nSPS) is 26.9. The molecule has 1 aliphatic rings. The molecule has 104 valence electrons. The lowest BCUT2D eigenvalue weighted by atomic mass is 9.79. The molecule has 0 bridgehead atoms. The molecule has 0 aliphatic heterocycles. The minimum atomic E-state index is -0.789. The van der Waals surface area contributed by atoms with Gasteiger partial charge in [-0.2, -0.15) is 0 Å². The fourth-order valence-electron chi connectivity index (χ4n) is 2.72. The van der Waals surface area contributed by atoms with Gasteiger partial charge >= 0.3 is 5.69 Å². The van der Waals surface area contributed by atoms with Gasteiger partial charge in [0, 0.05) is 18.8 Å². The first-order valence-corrected chi connectivity index (χ1v) is 6.56. The summed E-state index contributed by atoms with van der Waals surface area (Å²) in [5, 5.41) is 24.3. The van der Waals surface area contributed by atoms with Crippen molar-refractivity contribution in [2.24, 2.45) is 5.92 Å². The van der Waals surface area contributed by atoms with Crippen molar-refractivity contribution >= 4 is 11.5 Å².